The fourth-order valence-corrected chi connectivity index (χ4v) is 2.41. The van der Waals surface area contributed by atoms with Gasteiger partial charge in [-0.25, -0.2) is 8.42 Å². The standard InChI is InChI=1S/C11H16NO2S/c1-2-3-7-10-15(13,14)12-11-8-5-4-6-9-11/h5-6,8-9,12H,2-3,7,10H2,1H3. The third-order valence-corrected chi connectivity index (χ3v) is 3.38. The number of nitrogens with one attached hydrogen (secondary N) is 1. The van der Waals surface area contributed by atoms with Gasteiger partial charge < -0.3 is 0 Å². The summed E-state index contributed by atoms with van der Waals surface area (Å²) in [5.41, 5.74) is 0.602. The number of unbranched alkanes of at least 4 members (excludes halogenated alkanes) is 2. The van der Waals surface area contributed by atoms with Crippen LogP contribution in [0.4, 0.5) is 5.69 Å². The summed E-state index contributed by atoms with van der Waals surface area (Å²) in [7, 11) is -3.17. The Kier molecular flexibility index (Phi) is 4.62. The van der Waals surface area contributed by atoms with Crippen LogP contribution in [0, 0.1) is 6.07 Å². The lowest BCUT2D eigenvalue weighted by atomic mass is 10.3. The van der Waals surface area contributed by atoms with E-state index in [9.17, 15) is 8.42 Å². The molecule has 1 radical (unpaired) electrons. The highest BCUT2D eigenvalue weighted by Crippen LogP contribution is 2.09. The zero-order valence-corrected chi connectivity index (χ0v) is 9.68. The molecule has 4 heteroatoms. The molecule has 0 spiro atoms. The summed E-state index contributed by atoms with van der Waals surface area (Å²) >= 11 is 0. The van der Waals surface area contributed by atoms with Crippen molar-refractivity contribution < 1.29 is 8.42 Å². The fourth-order valence-electron chi connectivity index (χ4n) is 1.23. The summed E-state index contributed by atoms with van der Waals surface area (Å²) in [4.78, 5) is 0. The number of anilines is 1. The summed E-state index contributed by atoms with van der Waals surface area (Å²) in [6.45, 7) is 2.05. The van der Waals surface area contributed by atoms with Gasteiger partial charge in [-0.05, 0) is 24.6 Å². The summed E-state index contributed by atoms with van der Waals surface area (Å²) < 4.78 is 25.6. The molecule has 1 N–H and O–H groups in total. The van der Waals surface area contributed by atoms with Crippen LogP contribution in [-0.2, 0) is 10.0 Å². The Bertz CT molecular complexity index is 373. The van der Waals surface area contributed by atoms with Gasteiger partial charge in [-0.3, -0.25) is 4.72 Å². The van der Waals surface area contributed by atoms with E-state index in [4.69, 9.17) is 0 Å². The van der Waals surface area contributed by atoms with Crippen LogP contribution < -0.4 is 4.72 Å². The average molecular weight is 226 g/mol. The van der Waals surface area contributed by atoms with Crippen molar-refractivity contribution in [3.8, 4) is 0 Å². The van der Waals surface area contributed by atoms with Crippen molar-refractivity contribution in [3.63, 3.8) is 0 Å². The normalized spacial score (nSPS) is 11.3. The van der Waals surface area contributed by atoms with Gasteiger partial charge in [0.1, 0.15) is 0 Å². The van der Waals surface area contributed by atoms with Crippen molar-refractivity contribution in [2.24, 2.45) is 0 Å². The van der Waals surface area contributed by atoms with Gasteiger partial charge in [0.05, 0.1) is 5.75 Å². The van der Waals surface area contributed by atoms with Crippen LogP contribution in [0.1, 0.15) is 26.2 Å². The predicted molar refractivity (Wildman–Crippen MR) is 62.2 cm³/mol. The van der Waals surface area contributed by atoms with Gasteiger partial charge in [-0.15, -0.1) is 0 Å². The summed E-state index contributed by atoms with van der Waals surface area (Å²) in [6, 6.07) is 9.59. The van der Waals surface area contributed by atoms with E-state index in [1.165, 1.54) is 0 Å². The Morgan fingerprint density at radius 2 is 1.93 bits per heavy atom. The summed E-state index contributed by atoms with van der Waals surface area (Å²) in [5, 5.41) is 0. The van der Waals surface area contributed by atoms with E-state index in [1.54, 1.807) is 24.3 Å². The third kappa shape index (κ3) is 4.83. The number of sulfonamides is 1. The minimum absolute atomic E-state index is 0.194. The highest BCUT2D eigenvalue weighted by molar-refractivity contribution is 7.92. The predicted octanol–water partition coefficient (Wildman–Crippen LogP) is 2.42. The Morgan fingerprint density at radius 3 is 2.53 bits per heavy atom. The van der Waals surface area contributed by atoms with E-state index < -0.39 is 10.0 Å². The van der Waals surface area contributed by atoms with Crippen molar-refractivity contribution in [3.05, 3.63) is 30.3 Å². The zero-order chi connectivity index (χ0) is 11.1. The van der Waals surface area contributed by atoms with Crippen LogP contribution in [0.5, 0.6) is 0 Å². The minimum atomic E-state index is -3.17. The van der Waals surface area contributed by atoms with Gasteiger partial charge >= 0.3 is 0 Å². The van der Waals surface area contributed by atoms with Crippen LogP contribution in [0.2, 0.25) is 0 Å². The number of hydrogen-bond donors (Lipinski definition) is 1. The lowest BCUT2D eigenvalue weighted by Gasteiger charge is -2.06. The zero-order valence-electron chi connectivity index (χ0n) is 8.86. The van der Waals surface area contributed by atoms with Gasteiger partial charge in [0, 0.05) is 5.69 Å². The van der Waals surface area contributed by atoms with Crippen molar-refractivity contribution in [2.45, 2.75) is 26.2 Å². The molecular weight excluding hydrogens is 210 g/mol. The summed E-state index contributed by atoms with van der Waals surface area (Å²) in [5.74, 6) is 0.194. The van der Waals surface area contributed by atoms with E-state index in [0.717, 1.165) is 12.8 Å². The Balaban J connectivity index is 2.50. The van der Waals surface area contributed by atoms with E-state index in [2.05, 4.69) is 10.8 Å². The van der Waals surface area contributed by atoms with E-state index in [1.807, 2.05) is 6.92 Å². The monoisotopic (exact) mass is 226 g/mol. The molecule has 0 bridgehead atoms. The highest BCUT2D eigenvalue weighted by Gasteiger charge is 2.08. The van der Waals surface area contributed by atoms with Crippen LogP contribution in [0.15, 0.2) is 24.3 Å². The first-order valence-electron chi connectivity index (χ1n) is 5.10. The molecule has 0 unspecified atom stereocenters. The van der Waals surface area contributed by atoms with Crippen molar-refractivity contribution in [1.29, 1.82) is 0 Å². The Morgan fingerprint density at radius 1 is 1.27 bits per heavy atom. The van der Waals surface area contributed by atoms with E-state index in [0.29, 0.717) is 12.1 Å². The lowest BCUT2D eigenvalue weighted by molar-refractivity contribution is 0.596. The number of rotatable bonds is 6. The second-order valence-corrected chi connectivity index (χ2v) is 5.26. The van der Waals surface area contributed by atoms with Gasteiger partial charge in [0.15, 0.2) is 0 Å². The molecule has 1 aromatic rings. The molecule has 3 nitrogen and oxygen atoms in total. The van der Waals surface area contributed by atoms with Gasteiger partial charge in [0.25, 0.3) is 0 Å². The molecule has 0 saturated heterocycles. The van der Waals surface area contributed by atoms with Gasteiger partial charge in [-0.2, -0.15) is 0 Å². The first kappa shape index (κ1) is 12.0. The van der Waals surface area contributed by atoms with E-state index in [-0.39, 0.29) is 5.75 Å². The van der Waals surface area contributed by atoms with Crippen LogP contribution in [-0.4, -0.2) is 14.2 Å². The third-order valence-electron chi connectivity index (χ3n) is 2.01. The molecule has 1 aromatic carbocycles. The second kappa shape index (κ2) is 5.75. The van der Waals surface area contributed by atoms with Crippen LogP contribution in [0.25, 0.3) is 0 Å². The maximum Gasteiger partial charge on any atom is 0.232 e. The molecule has 0 aliphatic carbocycles. The van der Waals surface area contributed by atoms with Gasteiger partial charge in [0.2, 0.25) is 10.0 Å². The SMILES string of the molecule is CCCCCS(=O)(=O)Nc1cc[c]cc1. The average Bonchev–Trinajstić information content (AvgIpc) is 2.18. The topological polar surface area (TPSA) is 46.2 Å². The minimum Gasteiger partial charge on any atom is -0.284 e. The quantitative estimate of drug-likeness (QED) is 0.757. The maximum atomic E-state index is 11.6. The van der Waals surface area contributed by atoms with Crippen molar-refractivity contribution in [2.75, 3.05) is 10.5 Å². The molecule has 15 heavy (non-hydrogen) atoms. The van der Waals surface area contributed by atoms with E-state index >= 15 is 0 Å². The molecule has 0 atom stereocenters. The summed E-state index contributed by atoms with van der Waals surface area (Å²) in [6.07, 6.45) is 2.68. The smallest absolute Gasteiger partial charge is 0.232 e. The maximum absolute atomic E-state index is 11.6. The second-order valence-electron chi connectivity index (χ2n) is 3.42. The molecule has 0 saturated carbocycles. The lowest BCUT2D eigenvalue weighted by Crippen LogP contribution is -2.16. The molecule has 0 aliphatic heterocycles. The molecule has 0 fully saturated rings. The van der Waals surface area contributed by atoms with Crippen LogP contribution in [0.3, 0.4) is 0 Å². The van der Waals surface area contributed by atoms with Gasteiger partial charge in [-0.1, -0.05) is 31.9 Å². The molecule has 0 amide bonds. The molecule has 1 rings (SSSR count). The molecular formula is C11H16NO2S. The van der Waals surface area contributed by atoms with Crippen LogP contribution >= 0.6 is 0 Å². The Labute approximate surface area is 91.6 Å². The first-order valence-corrected chi connectivity index (χ1v) is 6.76. The highest BCUT2D eigenvalue weighted by atomic mass is 32.2. The largest absolute Gasteiger partial charge is 0.284 e. The van der Waals surface area contributed by atoms with Crippen molar-refractivity contribution in [1.82, 2.24) is 0 Å². The van der Waals surface area contributed by atoms with Crippen molar-refractivity contribution >= 4 is 15.7 Å². The Hall–Kier alpha value is -1.03. The number of benzene rings is 1. The number of hydrogen-bond acceptors (Lipinski definition) is 2. The fraction of sp³-hybridized carbons (Fsp3) is 0.455. The molecule has 0 aliphatic rings. The molecule has 0 aromatic heterocycles. The molecule has 83 valence electrons. The molecule has 0 heterocycles. The first-order chi connectivity index (χ1) is 7.14.